The Hall–Kier alpha value is -1.73. The van der Waals surface area contributed by atoms with Crippen molar-refractivity contribution < 1.29 is 0 Å². The highest BCUT2D eigenvalue weighted by atomic mass is 35.5. The molecular weight excluding hydrogens is 266 g/mol. The maximum absolute atomic E-state index is 6.41. The van der Waals surface area contributed by atoms with Gasteiger partial charge in [-0.2, -0.15) is 0 Å². The molecule has 0 bridgehead atoms. The Labute approximate surface area is 124 Å². The second-order valence-corrected chi connectivity index (χ2v) is 5.99. The van der Waals surface area contributed by atoms with Gasteiger partial charge in [-0.15, -0.1) is 0 Å². The van der Waals surface area contributed by atoms with Gasteiger partial charge < -0.3 is 5.32 Å². The number of benzene rings is 2. The minimum absolute atomic E-state index is 0.290. The summed E-state index contributed by atoms with van der Waals surface area (Å²) in [6.45, 7) is 0. The molecule has 1 N–H and O–H groups in total. The van der Waals surface area contributed by atoms with Crippen LogP contribution in [0.1, 0.15) is 29.5 Å². The predicted octanol–water partition coefficient (Wildman–Crippen LogP) is 5.17. The van der Waals surface area contributed by atoms with Crippen molar-refractivity contribution in [2.75, 3.05) is 5.32 Å². The number of fused-ring (bicyclic) bond motifs is 3. The van der Waals surface area contributed by atoms with Crippen LogP contribution in [0, 0.1) is 5.92 Å². The van der Waals surface area contributed by atoms with Crippen molar-refractivity contribution >= 4 is 17.3 Å². The second-order valence-electron chi connectivity index (χ2n) is 5.58. The zero-order chi connectivity index (χ0) is 13.5. The Kier molecular flexibility index (Phi) is 2.82. The molecule has 0 radical (unpaired) electrons. The lowest BCUT2D eigenvalue weighted by atomic mass is 9.77. The van der Waals surface area contributed by atoms with Gasteiger partial charge >= 0.3 is 0 Å². The Bertz CT molecular complexity index is 677. The third-order valence-corrected chi connectivity index (χ3v) is 4.86. The Morgan fingerprint density at radius 3 is 2.55 bits per heavy atom. The van der Waals surface area contributed by atoms with Gasteiger partial charge in [0.2, 0.25) is 0 Å². The molecule has 0 fully saturated rings. The summed E-state index contributed by atoms with van der Waals surface area (Å²) in [5.74, 6) is 1.07. The van der Waals surface area contributed by atoms with Crippen LogP contribution in [0.2, 0.25) is 5.02 Å². The van der Waals surface area contributed by atoms with Crippen LogP contribution in [0.5, 0.6) is 0 Å². The zero-order valence-corrected chi connectivity index (χ0v) is 11.8. The smallest absolute Gasteiger partial charge is 0.0568 e. The first kappa shape index (κ1) is 12.0. The summed E-state index contributed by atoms with van der Waals surface area (Å²) < 4.78 is 0. The van der Waals surface area contributed by atoms with Crippen LogP contribution in [0.3, 0.4) is 0 Å². The maximum Gasteiger partial charge on any atom is 0.0568 e. The lowest BCUT2D eigenvalue weighted by Gasteiger charge is -2.37. The SMILES string of the molecule is Clc1ccccc1C1Nc2ccccc2C2C=CCC21. The first-order valence-electron chi connectivity index (χ1n) is 7.11. The summed E-state index contributed by atoms with van der Waals surface area (Å²) in [5.41, 5.74) is 3.86. The van der Waals surface area contributed by atoms with Crippen LogP contribution in [-0.2, 0) is 0 Å². The Morgan fingerprint density at radius 1 is 0.950 bits per heavy atom. The molecule has 0 saturated heterocycles. The average Bonchev–Trinajstić information content (AvgIpc) is 2.97. The number of para-hydroxylation sites is 1. The van der Waals surface area contributed by atoms with Gasteiger partial charge in [-0.25, -0.2) is 0 Å². The fourth-order valence-electron chi connectivity index (χ4n) is 3.58. The average molecular weight is 282 g/mol. The van der Waals surface area contributed by atoms with E-state index in [1.807, 2.05) is 12.1 Å². The van der Waals surface area contributed by atoms with E-state index in [0.717, 1.165) is 11.4 Å². The van der Waals surface area contributed by atoms with Gasteiger partial charge in [0.05, 0.1) is 6.04 Å². The highest BCUT2D eigenvalue weighted by Gasteiger charge is 2.38. The van der Waals surface area contributed by atoms with E-state index in [9.17, 15) is 0 Å². The lowest BCUT2D eigenvalue weighted by molar-refractivity contribution is 0.425. The number of rotatable bonds is 1. The number of allylic oxidation sites excluding steroid dienone is 2. The van der Waals surface area contributed by atoms with E-state index >= 15 is 0 Å². The molecule has 100 valence electrons. The summed E-state index contributed by atoms with van der Waals surface area (Å²) in [5, 5.41) is 4.56. The summed E-state index contributed by atoms with van der Waals surface area (Å²) in [4.78, 5) is 0. The van der Waals surface area contributed by atoms with Crippen LogP contribution >= 0.6 is 11.6 Å². The van der Waals surface area contributed by atoms with Gasteiger partial charge in [0.25, 0.3) is 0 Å². The van der Waals surface area contributed by atoms with Gasteiger partial charge in [-0.3, -0.25) is 0 Å². The van der Waals surface area contributed by atoms with E-state index < -0.39 is 0 Å². The van der Waals surface area contributed by atoms with Crippen molar-refractivity contribution in [3.63, 3.8) is 0 Å². The maximum atomic E-state index is 6.41. The monoisotopic (exact) mass is 281 g/mol. The largest absolute Gasteiger partial charge is 0.378 e. The van der Waals surface area contributed by atoms with E-state index in [-0.39, 0.29) is 0 Å². The van der Waals surface area contributed by atoms with Crippen molar-refractivity contribution in [2.45, 2.75) is 18.4 Å². The third-order valence-electron chi connectivity index (χ3n) is 4.51. The fraction of sp³-hybridized carbons (Fsp3) is 0.222. The molecule has 0 aromatic heterocycles. The molecule has 2 aliphatic rings. The minimum Gasteiger partial charge on any atom is -0.378 e. The molecule has 2 aromatic carbocycles. The standard InChI is InChI=1S/C18H16ClN/c19-16-10-3-1-7-15(16)18-14-9-5-8-12(14)13-6-2-4-11-17(13)20-18/h1-8,10-12,14,18,20H,9H2. The van der Waals surface area contributed by atoms with Crippen LogP contribution in [0.4, 0.5) is 5.69 Å². The van der Waals surface area contributed by atoms with Crippen LogP contribution in [0.15, 0.2) is 60.7 Å². The first-order chi connectivity index (χ1) is 9.84. The third kappa shape index (κ3) is 1.77. The topological polar surface area (TPSA) is 12.0 Å². The highest BCUT2D eigenvalue weighted by molar-refractivity contribution is 6.31. The minimum atomic E-state index is 0.290. The van der Waals surface area contributed by atoms with Gasteiger partial charge in [0, 0.05) is 16.6 Å². The molecule has 0 saturated carbocycles. The van der Waals surface area contributed by atoms with Crippen molar-refractivity contribution in [1.29, 1.82) is 0 Å². The highest BCUT2D eigenvalue weighted by Crippen LogP contribution is 2.50. The molecule has 0 spiro atoms. The summed E-state index contributed by atoms with van der Waals surface area (Å²) in [6.07, 6.45) is 5.78. The fourth-order valence-corrected chi connectivity index (χ4v) is 3.83. The number of anilines is 1. The van der Waals surface area contributed by atoms with Gasteiger partial charge in [-0.1, -0.05) is 60.2 Å². The molecule has 3 unspecified atom stereocenters. The van der Waals surface area contributed by atoms with E-state index in [1.165, 1.54) is 16.8 Å². The Balaban J connectivity index is 1.82. The normalized spacial score (nSPS) is 26.8. The second kappa shape index (κ2) is 4.68. The lowest BCUT2D eigenvalue weighted by Crippen LogP contribution is -2.29. The molecule has 4 rings (SSSR count). The van der Waals surface area contributed by atoms with Gasteiger partial charge in [-0.05, 0) is 35.6 Å². The van der Waals surface area contributed by atoms with Gasteiger partial charge in [0.1, 0.15) is 0 Å². The molecule has 20 heavy (non-hydrogen) atoms. The van der Waals surface area contributed by atoms with Gasteiger partial charge in [0.15, 0.2) is 0 Å². The molecule has 2 heteroatoms. The van der Waals surface area contributed by atoms with E-state index in [2.05, 4.69) is 53.9 Å². The van der Waals surface area contributed by atoms with Crippen molar-refractivity contribution in [2.24, 2.45) is 5.92 Å². The summed E-state index contributed by atoms with van der Waals surface area (Å²) >= 11 is 6.41. The van der Waals surface area contributed by atoms with Crippen molar-refractivity contribution in [3.8, 4) is 0 Å². The van der Waals surface area contributed by atoms with E-state index in [1.54, 1.807) is 0 Å². The van der Waals surface area contributed by atoms with Crippen molar-refractivity contribution in [3.05, 3.63) is 76.8 Å². The molecule has 1 heterocycles. The van der Waals surface area contributed by atoms with E-state index in [4.69, 9.17) is 11.6 Å². The number of halogens is 1. The molecule has 0 amide bonds. The molecule has 1 aliphatic carbocycles. The van der Waals surface area contributed by atoms with E-state index in [0.29, 0.717) is 17.9 Å². The Morgan fingerprint density at radius 2 is 1.70 bits per heavy atom. The molecule has 1 nitrogen and oxygen atoms in total. The summed E-state index contributed by atoms with van der Waals surface area (Å²) in [6, 6.07) is 17.1. The van der Waals surface area contributed by atoms with Crippen LogP contribution in [0.25, 0.3) is 0 Å². The van der Waals surface area contributed by atoms with Crippen LogP contribution in [-0.4, -0.2) is 0 Å². The quantitative estimate of drug-likeness (QED) is 0.711. The first-order valence-corrected chi connectivity index (χ1v) is 7.49. The number of hydrogen-bond donors (Lipinski definition) is 1. The van der Waals surface area contributed by atoms with Crippen LogP contribution < -0.4 is 5.32 Å². The molecule has 2 aromatic rings. The number of nitrogens with one attached hydrogen (secondary N) is 1. The zero-order valence-electron chi connectivity index (χ0n) is 11.1. The summed E-state index contributed by atoms with van der Waals surface area (Å²) in [7, 11) is 0. The predicted molar refractivity (Wildman–Crippen MR) is 84.2 cm³/mol. The molecular formula is C18H16ClN. The molecule has 3 atom stereocenters. The number of hydrogen-bond acceptors (Lipinski definition) is 1. The molecule has 1 aliphatic heterocycles. The van der Waals surface area contributed by atoms with Crippen molar-refractivity contribution in [1.82, 2.24) is 0 Å².